The quantitative estimate of drug-likeness (QED) is 0.726. The molecule has 0 aliphatic heterocycles. The predicted octanol–water partition coefficient (Wildman–Crippen LogP) is 3.08. The topological polar surface area (TPSA) is 79.7 Å². The zero-order chi connectivity index (χ0) is 17.4. The lowest BCUT2D eigenvalue weighted by Crippen LogP contribution is -2.08. The number of hydrogen-bond acceptors (Lipinski definition) is 3. The molecule has 24 heavy (non-hydrogen) atoms. The summed E-state index contributed by atoms with van der Waals surface area (Å²) in [5, 5.41) is 8.79. The van der Waals surface area contributed by atoms with E-state index in [0.29, 0.717) is 22.1 Å². The van der Waals surface area contributed by atoms with Crippen LogP contribution in [-0.2, 0) is 11.2 Å². The van der Waals surface area contributed by atoms with Gasteiger partial charge in [-0.2, -0.15) is 5.26 Å². The number of nitriles is 1. The molecule has 1 unspecified atom stereocenters. The van der Waals surface area contributed by atoms with Crippen LogP contribution < -0.4 is 5.43 Å². The van der Waals surface area contributed by atoms with E-state index < -0.39 is 28.2 Å². The van der Waals surface area contributed by atoms with E-state index in [0.717, 1.165) is 12.1 Å². The van der Waals surface area contributed by atoms with Crippen molar-refractivity contribution in [1.82, 2.24) is 4.98 Å². The molecule has 1 N–H and O–H groups in total. The molecule has 0 amide bonds. The molecule has 0 bridgehead atoms. The second-order valence-corrected chi connectivity index (χ2v) is 6.48. The summed E-state index contributed by atoms with van der Waals surface area (Å²) in [6.07, 6.45) is 1.46. The lowest BCUT2D eigenvalue weighted by Gasteiger charge is -2.12. The minimum absolute atomic E-state index is 0.00908. The minimum atomic E-state index is -1.38. The van der Waals surface area contributed by atoms with Crippen LogP contribution in [0.3, 0.4) is 0 Å². The zero-order valence-electron chi connectivity index (χ0n) is 12.4. The largest absolute Gasteiger partial charge is 0.612 e. The highest BCUT2D eigenvalue weighted by atomic mass is 32.2. The van der Waals surface area contributed by atoms with Gasteiger partial charge in [-0.25, -0.2) is 8.78 Å². The molecule has 1 heterocycles. The maximum absolute atomic E-state index is 13.8. The number of H-pyrrole nitrogens is 1. The van der Waals surface area contributed by atoms with Crippen molar-refractivity contribution >= 4 is 22.1 Å². The molecule has 3 rings (SSSR count). The highest BCUT2D eigenvalue weighted by Crippen LogP contribution is 2.28. The number of rotatable bonds is 2. The third-order valence-electron chi connectivity index (χ3n) is 3.55. The Balaban J connectivity index is 2.35. The van der Waals surface area contributed by atoms with Gasteiger partial charge in [0.2, 0.25) is 0 Å². The summed E-state index contributed by atoms with van der Waals surface area (Å²) >= 11 is -1.38. The average Bonchev–Trinajstić information content (AvgIpc) is 2.52. The normalized spacial score (nSPS) is 12.1. The summed E-state index contributed by atoms with van der Waals surface area (Å²) < 4.78 is 39.2. The van der Waals surface area contributed by atoms with Gasteiger partial charge in [0.05, 0.1) is 33.8 Å². The Labute approximate surface area is 138 Å². The molecular formula is C17H10F2N2O2S. The number of nitrogens with zero attached hydrogens (tertiary/aromatic N) is 1. The summed E-state index contributed by atoms with van der Waals surface area (Å²) in [6, 6.07) is 9.28. The maximum Gasteiger partial charge on any atom is 0.192 e. The summed E-state index contributed by atoms with van der Waals surface area (Å²) in [5.41, 5.74) is 0.278. The Morgan fingerprint density at radius 3 is 2.62 bits per heavy atom. The SMILES string of the molecule is C[S+]([O-])c1ccc(C#N)cc1-c1cc(=O)c2c(F)cc(F)cc2[nH]1. The molecule has 2 aromatic carbocycles. The first kappa shape index (κ1) is 16.2. The Morgan fingerprint density at radius 1 is 1.21 bits per heavy atom. The number of pyridine rings is 1. The monoisotopic (exact) mass is 344 g/mol. The number of fused-ring (bicyclic) bond motifs is 1. The van der Waals surface area contributed by atoms with Crippen molar-refractivity contribution in [1.29, 1.82) is 5.26 Å². The van der Waals surface area contributed by atoms with E-state index in [1.54, 1.807) is 0 Å². The number of halogens is 2. The van der Waals surface area contributed by atoms with Gasteiger partial charge in [-0.1, -0.05) is 0 Å². The fourth-order valence-electron chi connectivity index (χ4n) is 2.51. The van der Waals surface area contributed by atoms with E-state index in [4.69, 9.17) is 5.26 Å². The van der Waals surface area contributed by atoms with E-state index in [-0.39, 0.29) is 16.6 Å². The number of aromatic nitrogens is 1. The van der Waals surface area contributed by atoms with Crippen LogP contribution in [0.15, 0.2) is 46.1 Å². The summed E-state index contributed by atoms with van der Waals surface area (Å²) in [6.45, 7) is 0. The summed E-state index contributed by atoms with van der Waals surface area (Å²) in [7, 11) is 0. The highest BCUT2D eigenvalue weighted by Gasteiger charge is 2.17. The number of benzene rings is 2. The van der Waals surface area contributed by atoms with Crippen LogP contribution in [-0.4, -0.2) is 15.8 Å². The van der Waals surface area contributed by atoms with E-state index in [1.165, 1.54) is 24.5 Å². The first-order valence-corrected chi connectivity index (χ1v) is 8.36. The van der Waals surface area contributed by atoms with Gasteiger partial charge in [-0.15, -0.1) is 0 Å². The molecule has 3 aromatic rings. The van der Waals surface area contributed by atoms with Crippen molar-refractivity contribution in [2.75, 3.05) is 6.26 Å². The fourth-order valence-corrected chi connectivity index (χ4v) is 3.25. The average molecular weight is 344 g/mol. The Morgan fingerprint density at radius 2 is 1.96 bits per heavy atom. The third kappa shape index (κ3) is 2.77. The molecule has 0 aliphatic rings. The molecular weight excluding hydrogens is 334 g/mol. The summed E-state index contributed by atoms with van der Waals surface area (Å²) in [5.74, 6) is -1.78. The van der Waals surface area contributed by atoms with Crippen molar-refractivity contribution in [3.8, 4) is 17.3 Å². The third-order valence-corrected chi connectivity index (χ3v) is 4.53. The second-order valence-electron chi connectivity index (χ2n) is 5.13. The van der Waals surface area contributed by atoms with Gasteiger partial charge in [0.1, 0.15) is 17.9 Å². The van der Waals surface area contributed by atoms with Crippen LogP contribution >= 0.6 is 0 Å². The predicted molar refractivity (Wildman–Crippen MR) is 87.0 cm³/mol. The molecule has 7 heteroatoms. The molecule has 0 radical (unpaired) electrons. The lowest BCUT2D eigenvalue weighted by molar-refractivity contribution is 0.591. The molecule has 0 saturated heterocycles. The van der Waals surface area contributed by atoms with Crippen molar-refractivity contribution < 1.29 is 13.3 Å². The van der Waals surface area contributed by atoms with Crippen LogP contribution in [0, 0.1) is 23.0 Å². The first-order valence-electron chi connectivity index (χ1n) is 6.80. The molecule has 1 aromatic heterocycles. The lowest BCUT2D eigenvalue weighted by atomic mass is 10.1. The van der Waals surface area contributed by atoms with Gasteiger partial charge in [-0.3, -0.25) is 4.79 Å². The Kier molecular flexibility index (Phi) is 4.09. The van der Waals surface area contributed by atoms with Crippen LogP contribution in [0.2, 0.25) is 0 Å². The zero-order valence-corrected chi connectivity index (χ0v) is 13.2. The number of nitrogens with one attached hydrogen (secondary N) is 1. The molecule has 1 atom stereocenters. The number of hydrogen-bond donors (Lipinski definition) is 1. The molecule has 0 spiro atoms. The fraction of sp³-hybridized carbons (Fsp3) is 0.0588. The molecule has 0 saturated carbocycles. The standard InChI is InChI=1S/C17H10F2N2O2S/c1-24(23)16-3-2-9(8-20)4-11(16)13-7-15(22)17-12(19)5-10(18)6-14(17)21-13/h2-7H,1H3,(H,21,22). The second kappa shape index (κ2) is 6.07. The van der Waals surface area contributed by atoms with E-state index in [2.05, 4.69) is 4.98 Å². The molecule has 0 fully saturated rings. The van der Waals surface area contributed by atoms with Crippen LogP contribution in [0.25, 0.3) is 22.2 Å². The van der Waals surface area contributed by atoms with Crippen molar-refractivity contribution in [2.45, 2.75) is 4.90 Å². The van der Waals surface area contributed by atoms with E-state index in [1.807, 2.05) is 6.07 Å². The van der Waals surface area contributed by atoms with Gasteiger partial charge < -0.3 is 9.54 Å². The smallest absolute Gasteiger partial charge is 0.192 e. The molecule has 120 valence electrons. The van der Waals surface area contributed by atoms with Gasteiger partial charge in [0.15, 0.2) is 10.3 Å². The van der Waals surface area contributed by atoms with Gasteiger partial charge in [0.25, 0.3) is 0 Å². The van der Waals surface area contributed by atoms with Gasteiger partial charge in [-0.05, 0) is 35.4 Å². The van der Waals surface area contributed by atoms with Crippen LogP contribution in [0.5, 0.6) is 0 Å². The van der Waals surface area contributed by atoms with Crippen molar-refractivity contribution in [3.63, 3.8) is 0 Å². The van der Waals surface area contributed by atoms with Crippen molar-refractivity contribution in [3.05, 3.63) is 63.8 Å². The summed E-state index contributed by atoms with van der Waals surface area (Å²) in [4.78, 5) is 15.4. The minimum Gasteiger partial charge on any atom is -0.612 e. The van der Waals surface area contributed by atoms with E-state index >= 15 is 0 Å². The first-order chi connectivity index (χ1) is 11.4. The molecule has 4 nitrogen and oxygen atoms in total. The number of aromatic amines is 1. The van der Waals surface area contributed by atoms with Crippen LogP contribution in [0.1, 0.15) is 5.56 Å². The molecule has 0 aliphatic carbocycles. The highest BCUT2D eigenvalue weighted by molar-refractivity contribution is 7.90. The Hall–Kier alpha value is -2.69. The maximum atomic E-state index is 13.8. The van der Waals surface area contributed by atoms with Crippen LogP contribution in [0.4, 0.5) is 8.78 Å². The van der Waals surface area contributed by atoms with Crippen molar-refractivity contribution in [2.24, 2.45) is 0 Å². The van der Waals surface area contributed by atoms with E-state index in [9.17, 15) is 18.1 Å². The Bertz CT molecular complexity index is 1050. The van der Waals surface area contributed by atoms with Gasteiger partial charge >= 0.3 is 0 Å². The van der Waals surface area contributed by atoms with Gasteiger partial charge in [0, 0.05) is 12.1 Å².